The molecule has 2 rings (SSSR count). The van der Waals surface area contributed by atoms with Gasteiger partial charge in [0, 0.05) is 23.4 Å². The maximum atomic E-state index is 11.9. The highest BCUT2D eigenvalue weighted by Gasteiger charge is 2.12. The van der Waals surface area contributed by atoms with Gasteiger partial charge in [-0.1, -0.05) is 24.3 Å². The fraction of sp³-hybridized carbons (Fsp3) is 0.0625. The number of non-ortho nitro benzene ring substituents is 1. The molecule has 0 aliphatic heterocycles. The third kappa shape index (κ3) is 5.83. The second-order valence-corrected chi connectivity index (χ2v) is 5.39. The van der Waals surface area contributed by atoms with Gasteiger partial charge in [-0.3, -0.25) is 30.6 Å². The Balaban J connectivity index is 1.76. The van der Waals surface area contributed by atoms with Crippen molar-refractivity contribution in [2.45, 2.75) is 0 Å². The molecule has 0 spiro atoms. The molecule has 0 aromatic heterocycles. The highest BCUT2D eigenvalue weighted by atomic mass is 32.1. The van der Waals surface area contributed by atoms with E-state index in [9.17, 15) is 19.7 Å². The van der Waals surface area contributed by atoms with Crippen LogP contribution in [0.1, 0.15) is 10.4 Å². The maximum absolute atomic E-state index is 11.9. The summed E-state index contributed by atoms with van der Waals surface area (Å²) in [6, 6.07) is 14.3. The number of nitrogens with one attached hydrogen (secondary N) is 4. The molecular formula is C16H15N5O4S. The second kappa shape index (κ2) is 9.08. The van der Waals surface area contributed by atoms with E-state index in [0.717, 1.165) is 11.8 Å². The van der Waals surface area contributed by atoms with Crippen molar-refractivity contribution in [3.05, 3.63) is 70.3 Å². The highest BCUT2D eigenvalue weighted by Crippen LogP contribution is 2.12. The smallest absolute Gasteiger partial charge is 0.270 e. The molecule has 0 fully saturated rings. The first-order valence-corrected chi connectivity index (χ1v) is 7.80. The van der Waals surface area contributed by atoms with Gasteiger partial charge in [-0.2, -0.15) is 0 Å². The number of anilines is 1. The van der Waals surface area contributed by atoms with Gasteiger partial charge < -0.3 is 10.6 Å². The number of nitro benzene ring substituents is 1. The first kappa shape index (κ1) is 18.8. The average Bonchev–Trinajstić information content (AvgIpc) is 2.65. The molecule has 0 heterocycles. The van der Waals surface area contributed by atoms with Crippen LogP contribution in [-0.4, -0.2) is 28.4 Å². The van der Waals surface area contributed by atoms with Crippen molar-refractivity contribution in [2.24, 2.45) is 0 Å². The third-order valence-electron chi connectivity index (χ3n) is 3.08. The Kier molecular flexibility index (Phi) is 6.57. The van der Waals surface area contributed by atoms with Crippen LogP contribution >= 0.6 is 12.2 Å². The molecule has 0 unspecified atom stereocenters. The van der Waals surface area contributed by atoms with Crippen molar-refractivity contribution in [3.63, 3.8) is 0 Å². The van der Waals surface area contributed by atoms with Crippen LogP contribution in [0.5, 0.6) is 0 Å². The molecule has 0 saturated heterocycles. The standard InChI is InChI=1S/C16H15N5O4S/c22-14(19-20-16(26)18-12-6-2-1-3-7-12)10-17-15(23)11-5-4-8-13(9-11)21(24)25/h1-9H,10H2,(H,17,23)(H,19,22)(H2,18,20,26). The third-order valence-corrected chi connectivity index (χ3v) is 3.28. The van der Waals surface area contributed by atoms with Crippen molar-refractivity contribution in [2.75, 3.05) is 11.9 Å². The summed E-state index contributed by atoms with van der Waals surface area (Å²) in [5.74, 6) is -1.14. The lowest BCUT2D eigenvalue weighted by molar-refractivity contribution is -0.384. The first-order valence-electron chi connectivity index (χ1n) is 7.39. The van der Waals surface area contributed by atoms with Crippen LogP contribution in [0.25, 0.3) is 0 Å². The fourth-order valence-electron chi connectivity index (χ4n) is 1.88. The number of amides is 2. The summed E-state index contributed by atoms with van der Waals surface area (Å²) in [6.07, 6.45) is 0. The van der Waals surface area contributed by atoms with Crippen molar-refractivity contribution in [3.8, 4) is 0 Å². The molecule has 26 heavy (non-hydrogen) atoms. The molecule has 0 radical (unpaired) electrons. The average molecular weight is 373 g/mol. The zero-order valence-corrected chi connectivity index (χ0v) is 14.2. The van der Waals surface area contributed by atoms with E-state index in [-0.39, 0.29) is 22.9 Å². The normalized spacial score (nSPS) is 9.69. The molecule has 0 atom stereocenters. The Morgan fingerprint density at radius 3 is 2.46 bits per heavy atom. The number of benzene rings is 2. The number of nitrogens with zero attached hydrogens (tertiary/aromatic N) is 1. The second-order valence-electron chi connectivity index (χ2n) is 4.98. The number of carbonyl (C=O) groups is 2. The van der Waals surface area contributed by atoms with Gasteiger partial charge in [-0.25, -0.2) is 0 Å². The van der Waals surface area contributed by atoms with Gasteiger partial charge >= 0.3 is 0 Å². The molecule has 0 saturated carbocycles. The van der Waals surface area contributed by atoms with E-state index in [2.05, 4.69) is 21.5 Å². The van der Waals surface area contributed by atoms with Gasteiger partial charge in [-0.15, -0.1) is 0 Å². The van der Waals surface area contributed by atoms with Crippen LogP contribution in [0, 0.1) is 10.1 Å². The van der Waals surface area contributed by atoms with Gasteiger partial charge in [0.2, 0.25) is 0 Å². The molecule has 0 aliphatic carbocycles. The molecule has 134 valence electrons. The summed E-state index contributed by atoms with van der Waals surface area (Å²) in [5, 5.41) is 16.1. The summed E-state index contributed by atoms with van der Waals surface area (Å²) in [5.41, 5.74) is 5.45. The maximum Gasteiger partial charge on any atom is 0.270 e. The Morgan fingerprint density at radius 2 is 1.77 bits per heavy atom. The molecule has 2 aromatic rings. The van der Waals surface area contributed by atoms with Crippen molar-refractivity contribution in [1.82, 2.24) is 16.2 Å². The van der Waals surface area contributed by atoms with Crippen molar-refractivity contribution in [1.29, 1.82) is 0 Å². The molecule has 2 amide bonds. The van der Waals surface area contributed by atoms with Crippen LogP contribution in [-0.2, 0) is 4.79 Å². The van der Waals surface area contributed by atoms with Gasteiger partial charge in [0.15, 0.2) is 5.11 Å². The zero-order valence-electron chi connectivity index (χ0n) is 13.4. The lowest BCUT2D eigenvalue weighted by Gasteiger charge is -2.12. The summed E-state index contributed by atoms with van der Waals surface area (Å²) in [4.78, 5) is 33.8. The van der Waals surface area contributed by atoms with Gasteiger partial charge in [0.25, 0.3) is 17.5 Å². The van der Waals surface area contributed by atoms with Gasteiger partial charge in [-0.05, 0) is 30.4 Å². The number of hydrazine groups is 1. The van der Waals surface area contributed by atoms with Gasteiger partial charge in [0.05, 0.1) is 11.5 Å². The summed E-state index contributed by atoms with van der Waals surface area (Å²) >= 11 is 5.02. The van der Waals surface area contributed by atoms with E-state index >= 15 is 0 Å². The molecule has 2 aromatic carbocycles. The number of rotatable bonds is 5. The number of carbonyl (C=O) groups excluding carboxylic acids is 2. The minimum Gasteiger partial charge on any atom is -0.343 e. The highest BCUT2D eigenvalue weighted by molar-refractivity contribution is 7.80. The van der Waals surface area contributed by atoms with Crippen LogP contribution in [0.3, 0.4) is 0 Å². The number of nitro groups is 1. The zero-order chi connectivity index (χ0) is 18.9. The number of para-hydroxylation sites is 1. The fourth-order valence-corrected chi connectivity index (χ4v) is 2.05. The number of hydrogen-bond donors (Lipinski definition) is 4. The molecular weight excluding hydrogens is 358 g/mol. The minimum absolute atomic E-state index is 0.0845. The summed E-state index contributed by atoms with van der Waals surface area (Å²) < 4.78 is 0. The first-order chi connectivity index (χ1) is 12.5. The monoisotopic (exact) mass is 373 g/mol. The van der Waals surface area contributed by atoms with Crippen molar-refractivity contribution >= 4 is 40.5 Å². The van der Waals surface area contributed by atoms with Gasteiger partial charge in [0.1, 0.15) is 0 Å². The number of thiocarbonyl (C=S) groups is 1. The van der Waals surface area contributed by atoms with E-state index in [4.69, 9.17) is 12.2 Å². The largest absolute Gasteiger partial charge is 0.343 e. The van der Waals surface area contributed by atoms with E-state index in [1.54, 1.807) is 12.1 Å². The van der Waals surface area contributed by atoms with E-state index in [0.29, 0.717) is 0 Å². The Hall–Kier alpha value is -3.53. The molecule has 0 aliphatic rings. The Morgan fingerprint density at radius 1 is 1.04 bits per heavy atom. The minimum atomic E-state index is -0.603. The van der Waals surface area contributed by atoms with E-state index in [1.165, 1.54) is 18.2 Å². The molecule has 9 nitrogen and oxygen atoms in total. The lowest BCUT2D eigenvalue weighted by atomic mass is 10.2. The topological polar surface area (TPSA) is 125 Å². The predicted octanol–water partition coefficient (Wildman–Crippen LogP) is 1.34. The number of hydrogen-bond acceptors (Lipinski definition) is 5. The summed E-state index contributed by atoms with van der Waals surface area (Å²) in [7, 11) is 0. The predicted molar refractivity (Wildman–Crippen MR) is 99.4 cm³/mol. The molecule has 4 N–H and O–H groups in total. The van der Waals surface area contributed by atoms with Crippen LogP contribution in [0.15, 0.2) is 54.6 Å². The van der Waals surface area contributed by atoms with Crippen LogP contribution in [0.4, 0.5) is 11.4 Å². The molecule has 0 bridgehead atoms. The van der Waals surface area contributed by atoms with E-state index < -0.39 is 16.7 Å². The van der Waals surface area contributed by atoms with E-state index in [1.807, 2.05) is 18.2 Å². The quantitative estimate of drug-likeness (QED) is 0.354. The lowest BCUT2D eigenvalue weighted by Crippen LogP contribution is -2.47. The van der Waals surface area contributed by atoms with Crippen molar-refractivity contribution < 1.29 is 14.5 Å². The SMILES string of the molecule is O=C(CNC(=O)c1cccc([N+](=O)[O-])c1)NNC(=S)Nc1ccccc1. The summed E-state index contributed by atoms with van der Waals surface area (Å²) in [6.45, 7) is -0.331. The molecule has 10 heteroatoms. The van der Waals surface area contributed by atoms with Crippen LogP contribution < -0.4 is 21.5 Å². The Labute approximate surface area is 153 Å². The Bertz CT molecular complexity index is 828. The van der Waals surface area contributed by atoms with Crippen LogP contribution in [0.2, 0.25) is 0 Å².